The third kappa shape index (κ3) is 7.88. The van der Waals surface area contributed by atoms with Gasteiger partial charge in [0, 0.05) is 44.2 Å². The first-order valence-electron chi connectivity index (χ1n) is 11.5. The Morgan fingerprint density at radius 1 is 0.861 bits per heavy atom. The number of nitrogens with zero attached hydrogens (tertiary/aromatic N) is 1. The maximum atomic E-state index is 13.8. The SMILES string of the molecule is CC(C)(C)NC(=O)C(Cc1ccccc1)N(Cc1c(Cl)cccc1Cl)C(=O)Cc1ccc(Cl)cc1Cl. The highest BCUT2D eigenvalue weighted by Crippen LogP contribution is 2.28. The zero-order chi connectivity index (χ0) is 26.5. The van der Waals surface area contributed by atoms with Gasteiger partial charge in [0.05, 0.1) is 6.42 Å². The van der Waals surface area contributed by atoms with Crippen LogP contribution in [0, 0.1) is 0 Å². The van der Waals surface area contributed by atoms with Gasteiger partial charge in [0.1, 0.15) is 6.04 Å². The summed E-state index contributed by atoms with van der Waals surface area (Å²) in [6.07, 6.45) is 0.289. The summed E-state index contributed by atoms with van der Waals surface area (Å²) in [5, 5.41) is 4.72. The van der Waals surface area contributed by atoms with Crippen LogP contribution in [0.2, 0.25) is 20.1 Å². The fourth-order valence-corrected chi connectivity index (χ4v) is 4.78. The molecule has 8 heteroatoms. The number of hydrogen-bond acceptors (Lipinski definition) is 2. The molecular formula is C28H28Cl4N2O2. The molecule has 1 unspecified atom stereocenters. The first-order valence-corrected chi connectivity index (χ1v) is 13.0. The Morgan fingerprint density at radius 3 is 2.08 bits per heavy atom. The second kappa shape index (κ2) is 12.3. The van der Waals surface area contributed by atoms with Crippen molar-refractivity contribution in [1.82, 2.24) is 10.2 Å². The van der Waals surface area contributed by atoms with Gasteiger partial charge in [-0.15, -0.1) is 0 Å². The second-order valence-electron chi connectivity index (χ2n) is 9.58. The number of amides is 2. The zero-order valence-electron chi connectivity index (χ0n) is 20.3. The van der Waals surface area contributed by atoms with E-state index in [0.29, 0.717) is 37.6 Å². The van der Waals surface area contributed by atoms with Crippen molar-refractivity contribution in [3.8, 4) is 0 Å². The highest BCUT2D eigenvalue weighted by atomic mass is 35.5. The van der Waals surface area contributed by atoms with Crippen molar-refractivity contribution in [2.45, 2.75) is 51.7 Å². The van der Waals surface area contributed by atoms with E-state index in [4.69, 9.17) is 46.4 Å². The Labute approximate surface area is 232 Å². The van der Waals surface area contributed by atoms with E-state index >= 15 is 0 Å². The van der Waals surface area contributed by atoms with Crippen molar-refractivity contribution in [3.63, 3.8) is 0 Å². The van der Waals surface area contributed by atoms with Crippen LogP contribution in [-0.4, -0.2) is 28.3 Å². The van der Waals surface area contributed by atoms with E-state index in [1.165, 1.54) is 4.90 Å². The number of nitrogens with one attached hydrogen (secondary N) is 1. The monoisotopic (exact) mass is 564 g/mol. The Bertz CT molecular complexity index is 1210. The molecule has 1 N–H and O–H groups in total. The van der Waals surface area contributed by atoms with Crippen molar-refractivity contribution < 1.29 is 9.59 Å². The number of carbonyl (C=O) groups is 2. The minimum absolute atomic E-state index is 0.0217. The molecule has 36 heavy (non-hydrogen) atoms. The highest BCUT2D eigenvalue weighted by Gasteiger charge is 2.33. The molecule has 2 amide bonds. The van der Waals surface area contributed by atoms with Crippen LogP contribution in [0.25, 0.3) is 0 Å². The topological polar surface area (TPSA) is 49.4 Å². The Balaban J connectivity index is 2.06. The molecule has 3 aromatic rings. The summed E-state index contributed by atoms with van der Waals surface area (Å²) < 4.78 is 0. The largest absolute Gasteiger partial charge is 0.350 e. The smallest absolute Gasteiger partial charge is 0.243 e. The van der Waals surface area contributed by atoms with Crippen LogP contribution >= 0.6 is 46.4 Å². The van der Waals surface area contributed by atoms with E-state index in [1.54, 1.807) is 36.4 Å². The first-order chi connectivity index (χ1) is 16.9. The average molecular weight is 566 g/mol. The third-order valence-electron chi connectivity index (χ3n) is 5.52. The maximum absolute atomic E-state index is 13.8. The number of hydrogen-bond donors (Lipinski definition) is 1. The second-order valence-corrected chi connectivity index (χ2v) is 11.2. The van der Waals surface area contributed by atoms with Crippen molar-refractivity contribution in [2.24, 2.45) is 0 Å². The van der Waals surface area contributed by atoms with Gasteiger partial charge < -0.3 is 10.2 Å². The lowest BCUT2D eigenvalue weighted by atomic mass is 9.99. The molecule has 3 rings (SSSR count). The van der Waals surface area contributed by atoms with Crippen LogP contribution in [0.3, 0.4) is 0 Å². The molecule has 0 aromatic heterocycles. The molecule has 190 valence electrons. The fourth-order valence-electron chi connectivity index (χ4n) is 3.79. The van der Waals surface area contributed by atoms with E-state index < -0.39 is 11.6 Å². The van der Waals surface area contributed by atoms with Crippen LogP contribution in [0.5, 0.6) is 0 Å². The predicted octanol–water partition coefficient (Wildman–Crippen LogP) is 7.40. The summed E-state index contributed by atoms with van der Waals surface area (Å²) in [6, 6.07) is 18.9. The lowest BCUT2D eigenvalue weighted by Gasteiger charge is -2.34. The summed E-state index contributed by atoms with van der Waals surface area (Å²) in [5.41, 5.74) is 1.59. The molecule has 0 aliphatic rings. The molecule has 0 saturated carbocycles. The summed E-state index contributed by atoms with van der Waals surface area (Å²) in [5.74, 6) is -0.565. The summed E-state index contributed by atoms with van der Waals surface area (Å²) >= 11 is 25.4. The van der Waals surface area contributed by atoms with Gasteiger partial charge in [-0.25, -0.2) is 0 Å². The summed E-state index contributed by atoms with van der Waals surface area (Å²) in [7, 11) is 0. The molecule has 0 fully saturated rings. The molecule has 3 aromatic carbocycles. The van der Waals surface area contributed by atoms with Gasteiger partial charge >= 0.3 is 0 Å². The zero-order valence-corrected chi connectivity index (χ0v) is 23.3. The molecule has 0 aliphatic carbocycles. The third-order valence-corrected chi connectivity index (χ3v) is 6.81. The Morgan fingerprint density at radius 2 is 1.50 bits per heavy atom. The lowest BCUT2D eigenvalue weighted by molar-refractivity contribution is -0.141. The minimum atomic E-state index is -0.822. The van der Waals surface area contributed by atoms with Crippen molar-refractivity contribution in [1.29, 1.82) is 0 Å². The van der Waals surface area contributed by atoms with Crippen molar-refractivity contribution >= 4 is 58.2 Å². The van der Waals surface area contributed by atoms with Gasteiger partial charge in [-0.2, -0.15) is 0 Å². The molecule has 4 nitrogen and oxygen atoms in total. The van der Waals surface area contributed by atoms with E-state index in [1.807, 2.05) is 51.1 Å². The number of carbonyl (C=O) groups excluding carboxylic acids is 2. The van der Waals surface area contributed by atoms with Gasteiger partial charge in [-0.1, -0.05) is 88.9 Å². The average Bonchev–Trinajstić information content (AvgIpc) is 2.79. The predicted molar refractivity (Wildman–Crippen MR) is 149 cm³/mol. The van der Waals surface area contributed by atoms with E-state index in [0.717, 1.165) is 5.56 Å². The number of halogens is 4. The molecular weight excluding hydrogens is 538 g/mol. The molecule has 0 aliphatic heterocycles. The van der Waals surface area contributed by atoms with Gasteiger partial charge in [0.25, 0.3) is 0 Å². The lowest BCUT2D eigenvalue weighted by Crippen LogP contribution is -2.54. The van der Waals surface area contributed by atoms with Crippen molar-refractivity contribution in [2.75, 3.05) is 0 Å². The van der Waals surface area contributed by atoms with E-state index in [-0.39, 0.29) is 24.8 Å². The van der Waals surface area contributed by atoms with Gasteiger partial charge in [-0.3, -0.25) is 9.59 Å². The maximum Gasteiger partial charge on any atom is 0.243 e. The fraction of sp³-hybridized carbons (Fsp3) is 0.286. The normalized spacial score (nSPS) is 12.2. The van der Waals surface area contributed by atoms with E-state index in [2.05, 4.69) is 5.32 Å². The molecule has 0 saturated heterocycles. The van der Waals surface area contributed by atoms with Crippen LogP contribution in [0.4, 0.5) is 0 Å². The Hall–Kier alpha value is -2.24. The standard InChI is InChI=1S/C28H28Cl4N2O2/c1-28(2,3)33-27(36)25(14-18-8-5-4-6-9-18)34(17-21-22(30)10-7-11-23(21)31)26(35)15-19-12-13-20(29)16-24(19)32/h4-13,16,25H,14-15,17H2,1-3H3,(H,33,36). The summed E-state index contributed by atoms with van der Waals surface area (Å²) in [6.45, 7) is 5.75. The first kappa shape index (κ1) is 28.3. The van der Waals surface area contributed by atoms with Gasteiger partial charge in [-0.05, 0) is 56.2 Å². The van der Waals surface area contributed by atoms with E-state index in [9.17, 15) is 9.59 Å². The van der Waals surface area contributed by atoms with Crippen LogP contribution in [0.15, 0.2) is 66.7 Å². The molecule has 1 atom stereocenters. The van der Waals surface area contributed by atoms with Crippen molar-refractivity contribution in [3.05, 3.63) is 104 Å². The van der Waals surface area contributed by atoms with Crippen LogP contribution in [-0.2, 0) is 29.0 Å². The van der Waals surface area contributed by atoms with Gasteiger partial charge in [0.2, 0.25) is 11.8 Å². The minimum Gasteiger partial charge on any atom is -0.350 e. The Kier molecular flexibility index (Phi) is 9.71. The molecule has 0 bridgehead atoms. The molecule has 0 radical (unpaired) electrons. The number of rotatable bonds is 8. The highest BCUT2D eigenvalue weighted by molar-refractivity contribution is 6.36. The van der Waals surface area contributed by atoms with Gasteiger partial charge in [0.15, 0.2) is 0 Å². The quantitative estimate of drug-likeness (QED) is 0.309. The molecule has 0 spiro atoms. The molecule has 0 heterocycles. The summed E-state index contributed by atoms with van der Waals surface area (Å²) in [4.78, 5) is 29.0. The van der Waals surface area contributed by atoms with Crippen LogP contribution in [0.1, 0.15) is 37.5 Å². The number of benzene rings is 3. The van der Waals surface area contributed by atoms with Crippen LogP contribution < -0.4 is 5.32 Å².